The van der Waals surface area contributed by atoms with Gasteiger partial charge in [0.05, 0.1) is 16.3 Å². The summed E-state index contributed by atoms with van der Waals surface area (Å²) in [6, 6.07) is 16.9. The van der Waals surface area contributed by atoms with Gasteiger partial charge in [0.1, 0.15) is 5.75 Å². The van der Waals surface area contributed by atoms with Crippen LogP contribution in [0.5, 0.6) is 5.75 Å². The first-order valence-corrected chi connectivity index (χ1v) is 11.4. The highest BCUT2D eigenvalue weighted by Crippen LogP contribution is 2.23. The first kappa shape index (κ1) is 25.6. The number of rotatable bonds is 7. The van der Waals surface area contributed by atoms with E-state index >= 15 is 0 Å². The lowest BCUT2D eigenvalue weighted by Crippen LogP contribution is -2.34. The van der Waals surface area contributed by atoms with Crippen molar-refractivity contribution in [3.63, 3.8) is 0 Å². The Morgan fingerprint density at radius 2 is 1.59 bits per heavy atom. The molecule has 0 aromatic heterocycles. The van der Waals surface area contributed by atoms with Gasteiger partial charge in [0.2, 0.25) is 0 Å². The van der Waals surface area contributed by atoms with Crippen LogP contribution in [0.25, 0.3) is 0 Å². The van der Waals surface area contributed by atoms with E-state index in [9.17, 15) is 9.59 Å². The molecule has 3 aromatic rings. The molecule has 0 heterocycles. The summed E-state index contributed by atoms with van der Waals surface area (Å²) in [5.41, 5.74) is 5.60. The standard InChI is InChI=1S/C25H22Cl3N3O3/c1-14-12-18(26)7-11-23(14)34-16(3)24(32)31-30-15(2)17-4-8-20(9-5-17)29-25(33)21-10-6-19(27)13-22(21)28/h4-13,16H,1-3H3,(H,29,33)(H,31,32)/b30-15+. The van der Waals surface area contributed by atoms with Gasteiger partial charge in [-0.2, -0.15) is 5.10 Å². The van der Waals surface area contributed by atoms with Gasteiger partial charge >= 0.3 is 0 Å². The number of amides is 2. The highest BCUT2D eigenvalue weighted by atomic mass is 35.5. The average Bonchev–Trinajstić information content (AvgIpc) is 2.79. The molecule has 0 saturated carbocycles. The molecule has 9 heteroatoms. The van der Waals surface area contributed by atoms with E-state index in [1.165, 1.54) is 6.07 Å². The van der Waals surface area contributed by atoms with Crippen LogP contribution in [0.4, 0.5) is 5.69 Å². The lowest BCUT2D eigenvalue weighted by atomic mass is 10.1. The van der Waals surface area contributed by atoms with Gasteiger partial charge in [-0.05, 0) is 80.4 Å². The van der Waals surface area contributed by atoms with Crippen LogP contribution in [0.15, 0.2) is 65.8 Å². The predicted molar refractivity (Wildman–Crippen MR) is 137 cm³/mol. The number of carbonyl (C=O) groups excluding carboxylic acids is 2. The zero-order valence-electron chi connectivity index (χ0n) is 18.7. The fourth-order valence-electron chi connectivity index (χ4n) is 2.95. The minimum Gasteiger partial charge on any atom is -0.481 e. The summed E-state index contributed by atoms with van der Waals surface area (Å²) in [4.78, 5) is 24.8. The van der Waals surface area contributed by atoms with E-state index in [-0.39, 0.29) is 10.9 Å². The molecule has 0 spiro atoms. The Labute approximate surface area is 212 Å². The van der Waals surface area contributed by atoms with Crippen molar-refractivity contribution in [1.82, 2.24) is 5.43 Å². The van der Waals surface area contributed by atoms with Gasteiger partial charge in [0.15, 0.2) is 6.10 Å². The molecule has 0 radical (unpaired) electrons. The third-order valence-electron chi connectivity index (χ3n) is 4.88. The highest BCUT2D eigenvalue weighted by Gasteiger charge is 2.16. The molecule has 6 nitrogen and oxygen atoms in total. The van der Waals surface area contributed by atoms with Crippen LogP contribution in [-0.4, -0.2) is 23.6 Å². The van der Waals surface area contributed by atoms with Crippen molar-refractivity contribution in [2.75, 3.05) is 5.32 Å². The fraction of sp³-hybridized carbons (Fsp3) is 0.160. The number of carbonyl (C=O) groups is 2. The molecule has 1 atom stereocenters. The minimum absolute atomic E-state index is 0.268. The fourth-order valence-corrected chi connectivity index (χ4v) is 3.67. The Hall–Kier alpha value is -3.06. The zero-order chi connectivity index (χ0) is 24.8. The number of anilines is 1. The summed E-state index contributed by atoms with van der Waals surface area (Å²) in [6.45, 7) is 5.25. The summed E-state index contributed by atoms with van der Waals surface area (Å²) in [5, 5.41) is 8.25. The zero-order valence-corrected chi connectivity index (χ0v) is 20.9. The molecule has 0 bridgehead atoms. The van der Waals surface area contributed by atoms with E-state index in [2.05, 4.69) is 15.8 Å². The van der Waals surface area contributed by atoms with E-state index in [0.29, 0.717) is 32.8 Å². The Balaban J connectivity index is 1.58. The van der Waals surface area contributed by atoms with Gasteiger partial charge in [0.25, 0.3) is 11.8 Å². The number of benzene rings is 3. The maximum absolute atomic E-state index is 12.4. The summed E-state index contributed by atoms with van der Waals surface area (Å²) in [7, 11) is 0. The van der Waals surface area contributed by atoms with Crippen LogP contribution < -0.4 is 15.5 Å². The first-order valence-electron chi connectivity index (χ1n) is 10.3. The van der Waals surface area contributed by atoms with Gasteiger partial charge in [-0.25, -0.2) is 5.43 Å². The van der Waals surface area contributed by atoms with Crippen LogP contribution >= 0.6 is 34.8 Å². The Bertz CT molecular complexity index is 1240. The number of nitrogens with one attached hydrogen (secondary N) is 2. The molecule has 0 fully saturated rings. The molecule has 0 aliphatic carbocycles. The summed E-state index contributed by atoms with van der Waals surface area (Å²) in [5.74, 6) is -0.167. The summed E-state index contributed by atoms with van der Waals surface area (Å²) >= 11 is 17.9. The monoisotopic (exact) mass is 517 g/mol. The number of ether oxygens (including phenoxy) is 1. The lowest BCUT2D eigenvalue weighted by Gasteiger charge is -2.15. The van der Waals surface area contributed by atoms with Crippen LogP contribution in [-0.2, 0) is 4.79 Å². The van der Waals surface area contributed by atoms with E-state index in [0.717, 1.165) is 11.1 Å². The van der Waals surface area contributed by atoms with E-state index in [1.54, 1.807) is 68.4 Å². The Morgan fingerprint density at radius 1 is 0.941 bits per heavy atom. The quantitative estimate of drug-likeness (QED) is 0.276. The first-order chi connectivity index (χ1) is 16.1. The molecule has 2 N–H and O–H groups in total. The van der Waals surface area contributed by atoms with Crippen molar-refractivity contribution in [3.8, 4) is 5.75 Å². The largest absolute Gasteiger partial charge is 0.481 e. The Morgan fingerprint density at radius 3 is 2.24 bits per heavy atom. The van der Waals surface area contributed by atoms with E-state index < -0.39 is 12.0 Å². The van der Waals surface area contributed by atoms with Crippen molar-refractivity contribution < 1.29 is 14.3 Å². The maximum atomic E-state index is 12.4. The second-order valence-electron chi connectivity index (χ2n) is 7.50. The van der Waals surface area contributed by atoms with Crippen LogP contribution in [0, 0.1) is 6.92 Å². The number of hydrazone groups is 1. The van der Waals surface area contributed by atoms with E-state index in [1.807, 2.05) is 6.92 Å². The third-order valence-corrected chi connectivity index (χ3v) is 5.66. The molecule has 0 saturated heterocycles. The van der Waals surface area contributed by atoms with Crippen molar-refractivity contribution >= 4 is 58.0 Å². The van der Waals surface area contributed by atoms with Crippen molar-refractivity contribution in [1.29, 1.82) is 0 Å². The molecule has 3 aromatic carbocycles. The van der Waals surface area contributed by atoms with Gasteiger partial charge in [-0.15, -0.1) is 0 Å². The second kappa shape index (κ2) is 11.4. The predicted octanol–water partition coefficient (Wildman–Crippen LogP) is 6.52. The van der Waals surface area contributed by atoms with E-state index in [4.69, 9.17) is 39.5 Å². The topological polar surface area (TPSA) is 79.8 Å². The minimum atomic E-state index is -0.756. The highest BCUT2D eigenvalue weighted by molar-refractivity contribution is 6.37. The molecular weight excluding hydrogens is 497 g/mol. The van der Waals surface area contributed by atoms with Crippen LogP contribution in [0.3, 0.4) is 0 Å². The van der Waals surface area contributed by atoms with Crippen LogP contribution in [0.1, 0.15) is 35.3 Å². The molecule has 2 amide bonds. The molecule has 0 aliphatic heterocycles. The number of halogens is 3. The normalized spacial score (nSPS) is 12.1. The SMILES string of the molecule is C/C(=N\NC(=O)C(C)Oc1ccc(Cl)cc1C)c1ccc(NC(=O)c2ccc(Cl)cc2Cl)cc1. The number of nitrogens with zero attached hydrogens (tertiary/aromatic N) is 1. The summed E-state index contributed by atoms with van der Waals surface area (Å²) in [6.07, 6.45) is -0.756. The molecular formula is C25H22Cl3N3O3. The summed E-state index contributed by atoms with van der Waals surface area (Å²) < 4.78 is 5.71. The second-order valence-corrected chi connectivity index (χ2v) is 8.78. The molecule has 0 aliphatic rings. The number of aryl methyl sites for hydroxylation is 1. The van der Waals surface area contributed by atoms with Gasteiger partial charge in [-0.3, -0.25) is 9.59 Å². The Kier molecular flexibility index (Phi) is 8.56. The average molecular weight is 519 g/mol. The van der Waals surface area contributed by atoms with Gasteiger partial charge in [0, 0.05) is 15.7 Å². The maximum Gasteiger partial charge on any atom is 0.280 e. The number of hydrogen-bond donors (Lipinski definition) is 2. The van der Waals surface area contributed by atoms with Gasteiger partial charge in [-0.1, -0.05) is 46.9 Å². The molecule has 1 unspecified atom stereocenters. The lowest BCUT2D eigenvalue weighted by molar-refractivity contribution is -0.127. The number of hydrogen-bond acceptors (Lipinski definition) is 4. The molecule has 34 heavy (non-hydrogen) atoms. The molecule has 3 rings (SSSR count). The third kappa shape index (κ3) is 6.73. The van der Waals surface area contributed by atoms with Crippen molar-refractivity contribution in [2.45, 2.75) is 26.9 Å². The van der Waals surface area contributed by atoms with Crippen molar-refractivity contribution in [3.05, 3.63) is 92.4 Å². The molecule has 176 valence electrons. The van der Waals surface area contributed by atoms with Crippen LogP contribution in [0.2, 0.25) is 15.1 Å². The van der Waals surface area contributed by atoms with Crippen molar-refractivity contribution in [2.24, 2.45) is 5.10 Å². The van der Waals surface area contributed by atoms with Gasteiger partial charge < -0.3 is 10.1 Å². The smallest absolute Gasteiger partial charge is 0.280 e.